The molecule has 3 heteroatoms. The van der Waals surface area contributed by atoms with Gasteiger partial charge >= 0.3 is 0 Å². The number of carbonyl (C=O) groups excluding carboxylic acids is 1. The van der Waals surface area contributed by atoms with Gasteiger partial charge in [-0.3, -0.25) is 4.79 Å². The van der Waals surface area contributed by atoms with Crippen molar-refractivity contribution >= 4 is 14.1 Å². The third-order valence-electron chi connectivity index (χ3n) is 4.23. The highest BCUT2D eigenvalue weighted by Gasteiger charge is 2.38. The molecule has 0 amide bonds. The van der Waals surface area contributed by atoms with E-state index in [1.807, 2.05) is 6.08 Å². The van der Waals surface area contributed by atoms with Crippen LogP contribution in [0.15, 0.2) is 12.2 Å². The van der Waals surface area contributed by atoms with Crippen molar-refractivity contribution in [2.24, 2.45) is 11.8 Å². The summed E-state index contributed by atoms with van der Waals surface area (Å²) in [6.07, 6.45) is 4.42. The van der Waals surface area contributed by atoms with Crippen molar-refractivity contribution in [3.05, 3.63) is 12.2 Å². The van der Waals surface area contributed by atoms with Crippen LogP contribution >= 0.6 is 0 Å². The first-order valence-corrected chi connectivity index (χ1v) is 9.39. The van der Waals surface area contributed by atoms with Crippen molar-refractivity contribution in [3.63, 3.8) is 0 Å². The van der Waals surface area contributed by atoms with Crippen LogP contribution < -0.4 is 0 Å². The molecule has 0 aliphatic heterocycles. The lowest BCUT2D eigenvalue weighted by Crippen LogP contribution is -2.42. The molecule has 1 aliphatic rings. The van der Waals surface area contributed by atoms with Crippen LogP contribution in [-0.2, 0) is 9.22 Å². The minimum absolute atomic E-state index is 0.251. The van der Waals surface area contributed by atoms with Gasteiger partial charge in [0.1, 0.15) is 0 Å². The highest BCUT2D eigenvalue weighted by Crippen LogP contribution is 2.37. The lowest BCUT2D eigenvalue weighted by atomic mass is 9.85. The Balaban J connectivity index is 2.57. The van der Waals surface area contributed by atoms with Gasteiger partial charge in [0.05, 0.1) is 0 Å². The molecule has 0 heterocycles. The van der Waals surface area contributed by atoms with E-state index in [2.05, 4.69) is 40.8 Å². The lowest BCUT2D eigenvalue weighted by Gasteiger charge is -2.38. The maximum Gasteiger partial charge on any atom is 0.192 e. The average molecular weight is 254 g/mol. The van der Waals surface area contributed by atoms with Gasteiger partial charge < -0.3 is 4.43 Å². The van der Waals surface area contributed by atoms with Crippen molar-refractivity contribution in [2.45, 2.75) is 52.2 Å². The molecule has 2 atom stereocenters. The van der Waals surface area contributed by atoms with E-state index < -0.39 is 8.32 Å². The molecule has 1 rings (SSSR count). The Morgan fingerprint density at radius 1 is 1.41 bits per heavy atom. The topological polar surface area (TPSA) is 26.3 Å². The van der Waals surface area contributed by atoms with Crippen molar-refractivity contribution in [1.82, 2.24) is 0 Å². The first-order chi connectivity index (χ1) is 7.63. The van der Waals surface area contributed by atoms with E-state index in [9.17, 15) is 4.79 Å². The van der Waals surface area contributed by atoms with E-state index in [0.29, 0.717) is 18.3 Å². The van der Waals surface area contributed by atoms with Crippen LogP contribution in [0.2, 0.25) is 18.1 Å². The zero-order valence-electron chi connectivity index (χ0n) is 12.0. The summed E-state index contributed by atoms with van der Waals surface area (Å²) in [6.45, 7) is 14.2. The zero-order valence-corrected chi connectivity index (χ0v) is 13.0. The van der Waals surface area contributed by atoms with E-state index >= 15 is 0 Å². The van der Waals surface area contributed by atoms with E-state index in [-0.39, 0.29) is 10.8 Å². The molecule has 17 heavy (non-hydrogen) atoms. The zero-order chi connectivity index (χ0) is 13.3. The Hall–Kier alpha value is -0.413. The van der Waals surface area contributed by atoms with Crippen molar-refractivity contribution in [1.29, 1.82) is 0 Å². The van der Waals surface area contributed by atoms with Gasteiger partial charge in [0.25, 0.3) is 0 Å². The molecule has 0 bridgehead atoms. The molecule has 0 aromatic rings. The number of ketones is 1. The van der Waals surface area contributed by atoms with Crippen LogP contribution in [-0.4, -0.2) is 20.7 Å². The third-order valence-corrected chi connectivity index (χ3v) is 8.73. The van der Waals surface area contributed by atoms with Crippen LogP contribution in [0.5, 0.6) is 0 Å². The Morgan fingerprint density at radius 2 is 2.00 bits per heavy atom. The fourth-order valence-corrected chi connectivity index (χ4v) is 2.74. The van der Waals surface area contributed by atoms with E-state index in [1.165, 1.54) is 0 Å². The summed E-state index contributed by atoms with van der Waals surface area (Å²) in [5.74, 6) is 1.07. The van der Waals surface area contributed by atoms with Crippen LogP contribution in [0.25, 0.3) is 0 Å². The monoisotopic (exact) mass is 254 g/mol. The second-order valence-corrected chi connectivity index (χ2v) is 11.6. The van der Waals surface area contributed by atoms with Crippen LogP contribution in [0, 0.1) is 11.8 Å². The third kappa shape index (κ3) is 3.78. The smallest absolute Gasteiger partial charge is 0.192 e. The molecule has 0 aromatic heterocycles. The van der Waals surface area contributed by atoms with Gasteiger partial charge in [0.2, 0.25) is 0 Å². The first kappa shape index (κ1) is 14.6. The van der Waals surface area contributed by atoms with Gasteiger partial charge in [-0.05, 0) is 30.1 Å². The molecule has 98 valence electrons. The highest BCUT2D eigenvalue weighted by molar-refractivity contribution is 6.74. The summed E-state index contributed by atoms with van der Waals surface area (Å²) < 4.78 is 6.22. The fraction of sp³-hybridized carbons (Fsp3) is 0.786. The lowest BCUT2D eigenvalue weighted by molar-refractivity contribution is -0.116. The molecule has 0 aromatic carbocycles. The minimum atomic E-state index is -1.65. The Morgan fingerprint density at radius 3 is 2.47 bits per heavy atom. The SMILES string of the molecule is C[C@@H]1CC(=O)C=C[C@H]1CO[Si](C)(C)C(C)(C)C. The van der Waals surface area contributed by atoms with Crippen molar-refractivity contribution in [2.75, 3.05) is 6.61 Å². The number of hydrogen-bond acceptors (Lipinski definition) is 2. The number of hydrogen-bond donors (Lipinski definition) is 0. The number of allylic oxidation sites excluding steroid dienone is 1. The molecule has 0 spiro atoms. The summed E-state index contributed by atoms with van der Waals surface area (Å²) >= 11 is 0. The van der Waals surface area contributed by atoms with Crippen molar-refractivity contribution in [3.8, 4) is 0 Å². The molecule has 1 aliphatic carbocycles. The van der Waals surface area contributed by atoms with Gasteiger partial charge in [-0.15, -0.1) is 0 Å². The minimum Gasteiger partial charge on any atom is -0.416 e. The summed E-state index contributed by atoms with van der Waals surface area (Å²) in [4.78, 5) is 11.3. The average Bonchev–Trinajstić information content (AvgIpc) is 2.14. The summed E-state index contributed by atoms with van der Waals surface area (Å²) in [6, 6.07) is 0. The molecule has 0 N–H and O–H groups in total. The normalized spacial score (nSPS) is 26.4. The van der Waals surface area contributed by atoms with E-state index in [0.717, 1.165) is 6.61 Å². The molecule has 0 unspecified atom stereocenters. The first-order valence-electron chi connectivity index (χ1n) is 6.48. The van der Waals surface area contributed by atoms with Crippen molar-refractivity contribution < 1.29 is 9.22 Å². The Bertz CT molecular complexity index is 313. The Kier molecular flexibility index (Phi) is 4.36. The summed E-state index contributed by atoms with van der Waals surface area (Å²) in [5.41, 5.74) is 0. The van der Waals surface area contributed by atoms with Gasteiger partial charge in [0, 0.05) is 18.9 Å². The summed E-state index contributed by atoms with van der Waals surface area (Å²) in [7, 11) is -1.65. The largest absolute Gasteiger partial charge is 0.416 e. The standard InChI is InChI=1S/C14H26O2Si/c1-11-9-13(15)8-7-12(11)10-16-17(5,6)14(2,3)4/h7-8,11-12H,9-10H2,1-6H3/t11-,12+/m1/s1. The predicted octanol–water partition coefficient (Wildman–Crippen LogP) is 3.79. The number of rotatable bonds is 3. The second-order valence-electron chi connectivity index (χ2n) is 6.74. The molecular formula is C14H26O2Si. The maximum absolute atomic E-state index is 11.3. The van der Waals surface area contributed by atoms with Gasteiger partial charge in [-0.1, -0.05) is 33.8 Å². The quantitative estimate of drug-likeness (QED) is 0.716. The Labute approximate surface area is 107 Å². The highest BCUT2D eigenvalue weighted by atomic mass is 28.4. The molecule has 0 saturated heterocycles. The summed E-state index contributed by atoms with van der Waals surface area (Å²) in [5, 5.41) is 0.254. The molecule has 0 radical (unpaired) electrons. The van der Waals surface area contributed by atoms with E-state index in [4.69, 9.17) is 4.43 Å². The molecule has 0 saturated carbocycles. The molecule has 2 nitrogen and oxygen atoms in total. The van der Waals surface area contributed by atoms with Crippen LogP contribution in [0.3, 0.4) is 0 Å². The van der Waals surface area contributed by atoms with Gasteiger partial charge in [-0.25, -0.2) is 0 Å². The van der Waals surface area contributed by atoms with Gasteiger partial charge in [-0.2, -0.15) is 0 Å². The van der Waals surface area contributed by atoms with Gasteiger partial charge in [0.15, 0.2) is 14.1 Å². The predicted molar refractivity (Wildman–Crippen MR) is 74.6 cm³/mol. The molecule has 0 fully saturated rings. The van der Waals surface area contributed by atoms with E-state index in [1.54, 1.807) is 6.08 Å². The van der Waals surface area contributed by atoms with Crippen LogP contribution in [0.1, 0.15) is 34.1 Å². The number of carbonyl (C=O) groups is 1. The maximum atomic E-state index is 11.3. The fourth-order valence-electron chi connectivity index (χ4n) is 1.70. The second kappa shape index (κ2) is 5.07. The molecular weight excluding hydrogens is 228 g/mol. The van der Waals surface area contributed by atoms with Crippen LogP contribution in [0.4, 0.5) is 0 Å².